The zero-order chi connectivity index (χ0) is 29.9. The highest BCUT2D eigenvalue weighted by atomic mass is 16.6. The fraction of sp³-hybridized carbons (Fsp3) is 0.0968. The summed E-state index contributed by atoms with van der Waals surface area (Å²) in [7, 11) is 0. The number of rotatable bonds is 13. The van der Waals surface area contributed by atoms with Gasteiger partial charge in [-0.05, 0) is 72.6 Å². The summed E-state index contributed by atoms with van der Waals surface area (Å²) in [5.41, 5.74) is 6.10. The van der Waals surface area contributed by atoms with E-state index in [1.165, 1.54) is 12.1 Å². The molecule has 4 aromatic carbocycles. The quantitative estimate of drug-likeness (QED) is 0.0786. The molecule has 0 aliphatic rings. The second-order valence-corrected chi connectivity index (χ2v) is 9.01. The van der Waals surface area contributed by atoms with Crippen LogP contribution >= 0.6 is 0 Å². The molecule has 0 saturated heterocycles. The number of hydrogen-bond acceptors (Lipinski definition) is 11. The topological polar surface area (TPSA) is 149 Å². The van der Waals surface area contributed by atoms with Gasteiger partial charge < -0.3 is 20.1 Å². The number of aromatic nitrogens is 3. The van der Waals surface area contributed by atoms with E-state index in [0.717, 1.165) is 22.5 Å². The van der Waals surface area contributed by atoms with Gasteiger partial charge in [-0.25, -0.2) is 5.43 Å². The van der Waals surface area contributed by atoms with Crippen LogP contribution in [0.25, 0.3) is 0 Å². The summed E-state index contributed by atoms with van der Waals surface area (Å²) in [4.78, 5) is 23.8. The molecule has 43 heavy (non-hydrogen) atoms. The number of hydrazone groups is 1. The van der Waals surface area contributed by atoms with Gasteiger partial charge in [0.2, 0.25) is 17.8 Å². The van der Waals surface area contributed by atoms with Crippen molar-refractivity contribution in [3.63, 3.8) is 0 Å². The average Bonchev–Trinajstić information content (AvgIpc) is 3.02. The molecule has 5 aromatic rings. The van der Waals surface area contributed by atoms with Crippen LogP contribution in [0, 0.1) is 10.1 Å². The number of benzene rings is 4. The Hall–Kier alpha value is -6.04. The summed E-state index contributed by atoms with van der Waals surface area (Å²) in [6.07, 6.45) is 1.61. The van der Waals surface area contributed by atoms with Crippen molar-refractivity contribution >= 4 is 41.1 Å². The third-order valence-electron chi connectivity index (χ3n) is 5.88. The highest BCUT2D eigenvalue weighted by molar-refractivity contribution is 5.81. The predicted molar refractivity (Wildman–Crippen MR) is 166 cm³/mol. The number of nitrogens with one attached hydrogen (secondary N) is 3. The third kappa shape index (κ3) is 8.24. The number of para-hydroxylation sites is 2. The summed E-state index contributed by atoms with van der Waals surface area (Å²) < 4.78 is 11.7. The first-order valence-corrected chi connectivity index (χ1v) is 13.4. The molecule has 5 rings (SSSR count). The van der Waals surface area contributed by atoms with E-state index in [2.05, 4.69) is 36.1 Å². The number of nitrogens with zero attached hydrogens (tertiary/aromatic N) is 5. The van der Waals surface area contributed by atoms with Crippen molar-refractivity contribution in [2.24, 2.45) is 5.10 Å². The SMILES string of the molecule is CCOc1cc(C=NNc2nc(Nc3ccccc3)nc(Nc3ccccc3)n2)ccc1OCc1ccc([N+](=O)[O-])cc1. The third-order valence-corrected chi connectivity index (χ3v) is 5.88. The minimum atomic E-state index is -0.436. The molecule has 0 atom stereocenters. The maximum Gasteiger partial charge on any atom is 0.269 e. The monoisotopic (exact) mass is 576 g/mol. The van der Waals surface area contributed by atoms with Crippen molar-refractivity contribution in [2.75, 3.05) is 22.7 Å². The molecular formula is C31H28N8O4. The van der Waals surface area contributed by atoms with Gasteiger partial charge in [-0.1, -0.05) is 36.4 Å². The zero-order valence-electron chi connectivity index (χ0n) is 23.2. The highest BCUT2D eigenvalue weighted by Crippen LogP contribution is 2.29. The van der Waals surface area contributed by atoms with Crippen LogP contribution < -0.4 is 25.5 Å². The normalized spacial score (nSPS) is 10.7. The largest absolute Gasteiger partial charge is 0.490 e. The molecule has 12 nitrogen and oxygen atoms in total. The van der Waals surface area contributed by atoms with Crippen molar-refractivity contribution in [3.05, 3.63) is 124 Å². The second-order valence-electron chi connectivity index (χ2n) is 9.01. The van der Waals surface area contributed by atoms with E-state index in [1.54, 1.807) is 30.5 Å². The Morgan fingerprint density at radius 1 is 0.767 bits per heavy atom. The van der Waals surface area contributed by atoms with Gasteiger partial charge in [-0.15, -0.1) is 0 Å². The summed E-state index contributed by atoms with van der Waals surface area (Å²) in [6, 6.07) is 30.8. The lowest BCUT2D eigenvalue weighted by Gasteiger charge is -2.12. The molecule has 1 heterocycles. The van der Waals surface area contributed by atoms with E-state index in [9.17, 15) is 10.1 Å². The zero-order valence-corrected chi connectivity index (χ0v) is 23.2. The van der Waals surface area contributed by atoms with Crippen LogP contribution in [-0.4, -0.2) is 32.7 Å². The molecule has 1 aromatic heterocycles. The van der Waals surface area contributed by atoms with E-state index >= 15 is 0 Å². The Balaban J connectivity index is 1.29. The molecule has 0 aliphatic carbocycles. The van der Waals surface area contributed by atoms with E-state index in [1.807, 2.05) is 73.7 Å². The Bertz CT molecular complexity index is 1620. The standard InChI is InChI=1S/C31H28N8O4/c1-2-42-28-19-23(15-18-27(28)43-21-22-13-16-26(17-14-22)39(40)41)20-32-38-31-36-29(33-24-9-5-3-6-10-24)35-30(37-31)34-25-11-7-4-8-12-25/h3-20H,2,21H2,1H3,(H3,33,34,35,36,37,38). The van der Waals surface area contributed by atoms with Crippen molar-refractivity contribution in [1.82, 2.24) is 15.0 Å². The lowest BCUT2D eigenvalue weighted by atomic mass is 10.2. The lowest BCUT2D eigenvalue weighted by molar-refractivity contribution is -0.384. The van der Waals surface area contributed by atoms with Gasteiger partial charge >= 0.3 is 0 Å². The fourth-order valence-electron chi connectivity index (χ4n) is 3.87. The molecule has 0 unspecified atom stereocenters. The smallest absolute Gasteiger partial charge is 0.269 e. The predicted octanol–water partition coefficient (Wildman–Crippen LogP) is 6.69. The van der Waals surface area contributed by atoms with Crippen molar-refractivity contribution in [1.29, 1.82) is 0 Å². The van der Waals surface area contributed by atoms with Crippen LogP contribution in [0.2, 0.25) is 0 Å². The maximum absolute atomic E-state index is 10.9. The molecular weight excluding hydrogens is 548 g/mol. The number of hydrogen-bond donors (Lipinski definition) is 3. The molecule has 3 N–H and O–H groups in total. The Kier molecular flexibility index (Phi) is 9.30. The van der Waals surface area contributed by atoms with Gasteiger partial charge in [0.05, 0.1) is 17.7 Å². The number of non-ortho nitro benzene ring substituents is 1. The summed E-state index contributed by atoms with van der Waals surface area (Å²) in [5.74, 6) is 1.99. The first-order valence-electron chi connectivity index (χ1n) is 13.4. The minimum absolute atomic E-state index is 0.0283. The first kappa shape index (κ1) is 28.5. The van der Waals surface area contributed by atoms with Crippen LogP contribution in [0.1, 0.15) is 18.1 Å². The van der Waals surface area contributed by atoms with Crippen LogP contribution in [0.15, 0.2) is 108 Å². The summed E-state index contributed by atoms with van der Waals surface area (Å²) in [6.45, 7) is 2.54. The molecule has 216 valence electrons. The number of anilines is 5. The lowest BCUT2D eigenvalue weighted by Crippen LogP contribution is -2.07. The van der Waals surface area contributed by atoms with Crippen LogP contribution in [0.5, 0.6) is 11.5 Å². The molecule has 0 saturated carbocycles. The average molecular weight is 577 g/mol. The Labute approximate surface area is 247 Å². The molecule has 0 bridgehead atoms. The Morgan fingerprint density at radius 2 is 1.37 bits per heavy atom. The number of nitro groups is 1. The molecule has 0 radical (unpaired) electrons. The van der Waals surface area contributed by atoms with Crippen LogP contribution in [0.3, 0.4) is 0 Å². The highest BCUT2D eigenvalue weighted by Gasteiger charge is 2.10. The van der Waals surface area contributed by atoms with E-state index < -0.39 is 4.92 Å². The van der Waals surface area contributed by atoms with Crippen LogP contribution in [0.4, 0.5) is 34.9 Å². The Morgan fingerprint density at radius 3 is 1.95 bits per heavy atom. The maximum atomic E-state index is 10.9. The van der Waals surface area contributed by atoms with E-state index in [-0.39, 0.29) is 18.2 Å². The first-order chi connectivity index (χ1) is 21.1. The molecule has 0 spiro atoms. The number of ether oxygens (including phenoxy) is 2. The van der Waals surface area contributed by atoms with Gasteiger partial charge in [-0.2, -0.15) is 20.1 Å². The van der Waals surface area contributed by atoms with Gasteiger partial charge in [0, 0.05) is 23.5 Å². The fourth-order valence-corrected chi connectivity index (χ4v) is 3.87. The number of nitro benzene ring substituents is 1. The van der Waals surface area contributed by atoms with Crippen molar-refractivity contribution in [3.8, 4) is 11.5 Å². The van der Waals surface area contributed by atoms with E-state index in [0.29, 0.717) is 30.0 Å². The van der Waals surface area contributed by atoms with Gasteiger partial charge in [0.25, 0.3) is 5.69 Å². The van der Waals surface area contributed by atoms with Gasteiger partial charge in [0.1, 0.15) is 6.61 Å². The molecule has 0 amide bonds. The van der Waals surface area contributed by atoms with Crippen molar-refractivity contribution < 1.29 is 14.4 Å². The molecule has 12 heteroatoms. The minimum Gasteiger partial charge on any atom is -0.490 e. The summed E-state index contributed by atoms with van der Waals surface area (Å²) in [5, 5.41) is 21.6. The molecule has 0 aliphatic heterocycles. The molecule has 0 fully saturated rings. The summed E-state index contributed by atoms with van der Waals surface area (Å²) >= 11 is 0. The van der Waals surface area contributed by atoms with Gasteiger partial charge in [-0.3, -0.25) is 10.1 Å². The van der Waals surface area contributed by atoms with Crippen molar-refractivity contribution in [2.45, 2.75) is 13.5 Å². The van der Waals surface area contributed by atoms with Gasteiger partial charge in [0.15, 0.2) is 11.5 Å². The second kappa shape index (κ2) is 14.0. The van der Waals surface area contributed by atoms with Crippen LogP contribution in [-0.2, 0) is 6.61 Å². The van der Waals surface area contributed by atoms with E-state index in [4.69, 9.17) is 9.47 Å².